The summed E-state index contributed by atoms with van der Waals surface area (Å²) < 4.78 is 5.27. The molecule has 0 spiro atoms. The summed E-state index contributed by atoms with van der Waals surface area (Å²) in [7, 11) is 1.59. The van der Waals surface area contributed by atoms with Gasteiger partial charge in [0.25, 0.3) is 5.91 Å². The normalized spacial score (nSPS) is 16.3. The molecule has 3 N–H and O–H groups in total. The van der Waals surface area contributed by atoms with E-state index < -0.39 is 5.91 Å². The van der Waals surface area contributed by atoms with E-state index in [9.17, 15) is 9.59 Å². The summed E-state index contributed by atoms with van der Waals surface area (Å²) in [6, 6.07) is 7.44. The van der Waals surface area contributed by atoms with Gasteiger partial charge in [-0.3, -0.25) is 9.59 Å². The van der Waals surface area contributed by atoms with Gasteiger partial charge >= 0.3 is 0 Å². The second kappa shape index (κ2) is 7.74. The maximum absolute atomic E-state index is 12.4. The predicted octanol–water partition coefficient (Wildman–Crippen LogP) is 3.63. The molecule has 1 aliphatic rings. The van der Waals surface area contributed by atoms with Crippen LogP contribution in [0.1, 0.15) is 39.7 Å². The third-order valence-electron chi connectivity index (χ3n) is 4.55. The molecule has 2 amide bonds. The summed E-state index contributed by atoms with van der Waals surface area (Å²) in [6.07, 6.45) is 5.91. The first kappa shape index (κ1) is 18.2. The molecular formula is C20H22N2O3S. The number of benzene rings is 1. The third-order valence-corrected chi connectivity index (χ3v) is 5.72. The van der Waals surface area contributed by atoms with Crippen molar-refractivity contribution >= 4 is 34.2 Å². The van der Waals surface area contributed by atoms with Gasteiger partial charge in [-0.05, 0) is 42.9 Å². The van der Waals surface area contributed by atoms with Crippen LogP contribution in [0.15, 0.2) is 30.3 Å². The van der Waals surface area contributed by atoms with E-state index in [-0.39, 0.29) is 5.91 Å². The van der Waals surface area contributed by atoms with Crippen LogP contribution in [0.3, 0.4) is 0 Å². The number of thiophene rings is 1. The van der Waals surface area contributed by atoms with E-state index in [4.69, 9.17) is 10.5 Å². The monoisotopic (exact) mass is 370 g/mol. The van der Waals surface area contributed by atoms with Crippen molar-refractivity contribution in [2.75, 3.05) is 12.4 Å². The zero-order valence-electron chi connectivity index (χ0n) is 14.9. The van der Waals surface area contributed by atoms with Crippen molar-refractivity contribution in [2.24, 2.45) is 11.7 Å². The Labute approximate surface area is 156 Å². The van der Waals surface area contributed by atoms with Crippen LogP contribution < -0.4 is 15.8 Å². The molecule has 1 heterocycles. The van der Waals surface area contributed by atoms with Crippen LogP contribution in [0.25, 0.3) is 6.08 Å². The Morgan fingerprint density at radius 3 is 2.85 bits per heavy atom. The Bertz CT molecular complexity index is 870. The Morgan fingerprint density at radius 2 is 2.12 bits per heavy atom. The maximum Gasteiger partial charge on any atom is 0.251 e. The lowest BCUT2D eigenvalue weighted by molar-refractivity contribution is -0.111. The number of methoxy groups -OCH3 is 1. The Balaban J connectivity index is 1.81. The molecule has 1 unspecified atom stereocenters. The van der Waals surface area contributed by atoms with E-state index in [2.05, 4.69) is 12.2 Å². The van der Waals surface area contributed by atoms with Crippen molar-refractivity contribution in [3.05, 3.63) is 51.9 Å². The van der Waals surface area contributed by atoms with Gasteiger partial charge in [0, 0.05) is 16.5 Å². The van der Waals surface area contributed by atoms with Crippen LogP contribution in [-0.4, -0.2) is 18.9 Å². The second-order valence-corrected chi connectivity index (χ2v) is 7.59. The number of carbonyl (C=O) groups excluding carboxylic acids is 2. The number of para-hydroxylation sites is 1. The molecule has 3 rings (SSSR count). The lowest BCUT2D eigenvalue weighted by Crippen LogP contribution is -2.18. The minimum absolute atomic E-state index is 0.301. The van der Waals surface area contributed by atoms with Crippen LogP contribution in [0, 0.1) is 5.92 Å². The van der Waals surface area contributed by atoms with Crippen molar-refractivity contribution in [1.82, 2.24) is 0 Å². The van der Waals surface area contributed by atoms with Crippen molar-refractivity contribution in [1.29, 1.82) is 0 Å². The number of ether oxygens (including phenoxy) is 1. The molecule has 6 heteroatoms. The number of anilines is 1. The zero-order valence-corrected chi connectivity index (χ0v) is 15.7. The average Bonchev–Trinajstić information content (AvgIpc) is 2.97. The predicted molar refractivity (Wildman–Crippen MR) is 105 cm³/mol. The molecule has 1 atom stereocenters. The molecule has 1 aromatic carbocycles. The molecule has 0 aliphatic heterocycles. The number of hydrogen-bond donors (Lipinski definition) is 2. The molecule has 1 aliphatic carbocycles. The molecule has 0 saturated carbocycles. The SMILES string of the molecule is COc1ccccc1C=CC(=O)Nc1sc2c(c1C(N)=O)CCC(C)C2. The van der Waals surface area contributed by atoms with Crippen molar-refractivity contribution in [2.45, 2.75) is 26.2 Å². The summed E-state index contributed by atoms with van der Waals surface area (Å²) in [5.74, 6) is 0.483. The Kier molecular flexibility index (Phi) is 5.42. The van der Waals surface area contributed by atoms with Gasteiger partial charge < -0.3 is 15.8 Å². The molecule has 1 aromatic heterocycles. The van der Waals surface area contributed by atoms with Crippen LogP contribution in [0.4, 0.5) is 5.00 Å². The van der Waals surface area contributed by atoms with E-state index >= 15 is 0 Å². The standard InChI is InChI=1S/C20H22N2O3S/c1-12-7-9-14-16(11-12)26-20(18(14)19(21)24)22-17(23)10-8-13-5-3-4-6-15(13)25-2/h3-6,8,10,12H,7,9,11H2,1-2H3,(H2,21,24)(H,22,23). The summed E-state index contributed by atoms with van der Waals surface area (Å²) >= 11 is 1.46. The first-order chi connectivity index (χ1) is 12.5. The number of nitrogens with two attached hydrogens (primary N) is 1. The molecule has 5 nitrogen and oxygen atoms in total. The van der Waals surface area contributed by atoms with E-state index in [1.165, 1.54) is 17.4 Å². The highest BCUT2D eigenvalue weighted by molar-refractivity contribution is 7.17. The van der Waals surface area contributed by atoms with Gasteiger partial charge in [0.1, 0.15) is 10.8 Å². The lowest BCUT2D eigenvalue weighted by atomic mass is 9.88. The Morgan fingerprint density at radius 1 is 1.35 bits per heavy atom. The van der Waals surface area contributed by atoms with E-state index in [1.54, 1.807) is 13.2 Å². The number of carbonyl (C=O) groups is 2. The highest BCUT2D eigenvalue weighted by atomic mass is 32.1. The second-order valence-electron chi connectivity index (χ2n) is 6.48. The molecule has 0 radical (unpaired) electrons. The fourth-order valence-electron chi connectivity index (χ4n) is 3.22. The number of rotatable bonds is 5. The summed E-state index contributed by atoms with van der Waals surface area (Å²) in [4.78, 5) is 25.4. The minimum Gasteiger partial charge on any atom is -0.496 e. The van der Waals surface area contributed by atoms with E-state index in [0.717, 1.165) is 35.3 Å². The smallest absolute Gasteiger partial charge is 0.251 e. The van der Waals surface area contributed by atoms with Gasteiger partial charge in [-0.15, -0.1) is 11.3 Å². The topological polar surface area (TPSA) is 81.4 Å². The van der Waals surface area contributed by atoms with Gasteiger partial charge in [-0.2, -0.15) is 0 Å². The maximum atomic E-state index is 12.4. The molecule has 26 heavy (non-hydrogen) atoms. The van der Waals surface area contributed by atoms with Gasteiger partial charge in [-0.1, -0.05) is 25.1 Å². The fourth-order valence-corrected chi connectivity index (χ4v) is 4.64. The van der Waals surface area contributed by atoms with Crippen LogP contribution >= 0.6 is 11.3 Å². The molecule has 136 valence electrons. The zero-order chi connectivity index (χ0) is 18.7. The first-order valence-electron chi connectivity index (χ1n) is 8.56. The van der Waals surface area contributed by atoms with E-state index in [1.807, 2.05) is 24.3 Å². The number of primary amides is 1. The first-order valence-corrected chi connectivity index (χ1v) is 9.37. The highest BCUT2D eigenvalue weighted by Crippen LogP contribution is 2.39. The van der Waals surface area contributed by atoms with Crippen LogP contribution in [-0.2, 0) is 17.6 Å². The number of hydrogen-bond acceptors (Lipinski definition) is 4. The van der Waals surface area contributed by atoms with Crippen LogP contribution in [0.5, 0.6) is 5.75 Å². The minimum atomic E-state index is -0.485. The molecular weight excluding hydrogens is 348 g/mol. The van der Waals surface area contributed by atoms with Crippen molar-refractivity contribution in [3.8, 4) is 5.75 Å². The van der Waals surface area contributed by atoms with E-state index in [0.29, 0.717) is 22.2 Å². The van der Waals surface area contributed by atoms with Gasteiger partial charge in [0.2, 0.25) is 5.91 Å². The number of amides is 2. The largest absolute Gasteiger partial charge is 0.496 e. The van der Waals surface area contributed by atoms with Crippen LogP contribution in [0.2, 0.25) is 0 Å². The van der Waals surface area contributed by atoms with Crippen molar-refractivity contribution < 1.29 is 14.3 Å². The summed E-state index contributed by atoms with van der Waals surface area (Å²) in [5.41, 5.74) is 7.86. The average molecular weight is 370 g/mol. The summed E-state index contributed by atoms with van der Waals surface area (Å²) in [6.45, 7) is 2.20. The highest BCUT2D eigenvalue weighted by Gasteiger charge is 2.26. The molecule has 2 aromatic rings. The number of nitrogens with one attached hydrogen (secondary N) is 1. The Hall–Kier alpha value is -2.60. The van der Waals surface area contributed by atoms with Crippen molar-refractivity contribution in [3.63, 3.8) is 0 Å². The molecule has 0 bridgehead atoms. The molecule has 0 fully saturated rings. The van der Waals surface area contributed by atoms with Gasteiger partial charge in [0.05, 0.1) is 12.7 Å². The van der Waals surface area contributed by atoms with Gasteiger partial charge in [-0.25, -0.2) is 0 Å². The lowest BCUT2D eigenvalue weighted by Gasteiger charge is -2.18. The summed E-state index contributed by atoms with van der Waals surface area (Å²) in [5, 5.41) is 3.37. The third kappa shape index (κ3) is 3.80. The quantitative estimate of drug-likeness (QED) is 0.789. The fraction of sp³-hybridized carbons (Fsp3) is 0.300. The number of fused-ring (bicyclic) bond motifs is 1. The van der Waals surface area contributed by atoms with Gasteiger partial charge in [0.15, 0.2) is 0 Å². The molecule has 0 saturated heterocycles.